The molecule has 2 bridgehead atoms. The number of hydrogen-bond donors (Lipinski definition) is 0. The molecule has 0 spiro atoms. The van der Waals surface area contributed by atoms with Crippen LogP contribution < -0.4 is 0 Å². The molecule has 2 atom stereocenters. The van der Waals surface area contributed by atoms with Gasteiger partial charge in [0.15, 0.2) is 11.4 Å². The van der Waals surface area contributed by atoms with Crippen molar-refractivity contribution in [1.82, 2.24) is 19.5 Å². The summed E-state index contributed by atoms with van der Waals surface area (Å²) in [6.07, 6.45) is 9.09. The average Bonchev–Trinajstić information content (AvgIpc) is 2.90. The van der Waals surface area contributed by atoms with E-state index in [4.69, 9.17) is 0 Å². The second kappa shape index (κ2) is 4.91. The molecular formula is C16H20N4O. The number of nitrogens with zero attached hydrogens (tertiary/aromatic N) is 4. The molecule has 0 aliphatic carbocycles. The third-order valence-electron chi connectivity index (χ3n) is 5.24. The minimum atomic E-state index is 0.124. The first kappa shape index (κ1) is 13.0. The van der Waals surface area contributed by atoms with Gasteiger partial charge in [-0.05, 0) is 44.9 Å². The van der Waals surface area contributed by atoms with E-state index in [-0.39, 0.29) is 11.7 Å². The quantitative estimate of drug-likeness (QED) is 0.793. The zero-order valence-corrected chi connectivity index (χ0v) is 12.3. The Hall–Kier alpha value is -1.75. The van der Waals surface area contributed by atoms with Crippen LogP contribution in [0.15, 0.2) is 24.5 Å². The van der Waals surface area contributed by atoms with Crippen molar-refractivity contribution in [2.75, 3.05) is 7.05 Å². The number of piperidine rings is 2. The van der Waals surface area contributed by atoms with Crippen molar-refractivity contribution in [2.45, 2.75) is 44.2 Å². The Balaban J connectivity index is 1.63. The number of hydrogen-bond acceptors (Lipinski definition) is 4. The zero-order valence-electron chi connectivity index (χ0n) is 12.3. The number of fused-ring (bicyclic) bond motifs is 3. The van der Waals surface area contributed by atoms with Crippen LogP contribution >= 0.6 is 0 Å². The lowest BCUT2D eigenvalue weighted by Crippen LogP contribution is -2.51. The number of Topliss-reactive ketones (excluding diaryl/α,β-unsaturated/α-hetero) is 1. The minimum absolute atomic E-state index is 0.124. The first-order valence-corrected chi connectivity index (χ1v) is 7.79. The highest BCUT2D eigenvalue weighted by molar-refractivity contribution is 5.97. The summed E-state index contributed by atoms with van der Waals surface area (Å²) in [7, 11) is 2.21. The maximum atomic E-state index is 12.9. The lowest BCUT2D eigenvalue weighted by atomic mass is 9.76. The second-order valence-corrected chi connectivity index (χ2v) is 6.37. The molecule has 110 valence electrons. The van der Waals surface area contributed by atoms with Gasteiger partial charge in [-0.2, -0.15) is 5.10 Å². The molecule has 0 saturated carbocycles. The van der Waals surface area contributed by atoms with E-state index < -0.39 is 0 Å². The van der Waals surface area contributed by atoms with Crippen LogP contribution in [-0.4, -0.2) is 44.4 Å². The van der Waals surface area contributed by atoms with E-state index in [0.29, 0.717) is 17.8 Å². The highest BCUT2D eigenvalue weighted by Crippen LogP contribution is 2.37. The summed E-state index contributed by atoms with van der Waals surface area (Å²) in [5.74, 6) is 0.338. The van der Waals surface area contributed by atoms with Crippen molar-refractivity contribution in [3.8, 4) is 0 Å². The number of carbonyl (C=O) groups excluding carboxylic acids is 1. The highest BCUT2D eigenvalue weighted by Gasteiger charge is 2.39. The van der Waals surface area contributed by atoms with E-state index in [2.05, 4.69) is 22.0 Å². The molecule has 0 aromatic carbocycles. The normalized spacial score (nSPS) is 29.7. The Morgan fingerprint density at radius 3 is 2.81 bits per heavy atom. The topological polar surface area (TPSA) is 50.5 Å². The van der Waals surface area contributed by atoms with E-state index in [1.807, 2.05) is 12.1 Å². The molecule has 2 unspecified atom stereocenters. The number of ketones is 1. The molecule has 2 aromatic heterocycles. The van der Waals surface area contributed by atoms with Gasteiger partial charge in [0.05, 0.1) is 6.20 Å². The van der Waals surface area contributed by atoms with Gasteiger partial charge in [-0.25, -0.2) is 9.50 Å². The van der Waals surface area contributed by atoms with Gasteiger partial charge in [-0.1, -0.05) is 6.42 Å². The maximum Gasteiger partial charge on any atom is 0.186 e. The third kappa shape index (κ3) is 2.07. The van der Waals surface area contributed by atoms with Crippen molar-refractivity contribution < 1.29 is 4.79 Å². The van der Waals surface area contributed by atoms with Crippen molar-refractivity contribution in [2.24, 2.45) is 5.92 Å². The van der Waals surface area contributed by atoms with Crippen molar-refractivity contribution in [3.63, 3.8) is 0 Å². The Labute approximate surface area is 124 Å². The first-order valence-electron chi connectivity index (χ1n) is 7.79. The fourth-order valence-electron chi connectivity index (χ4n) is 4.04. The van der Waals surface area contributed by atoms with Crippen LogP contribution in [0.5, 0.6) is 0 Å². The van der Waals surface area contributed by atoms with Gasteiger partial charge in [-0.3, -0.25) is 4.79 Å². The molecule has 2 aliphatic rings. The number of aromatic nitrogens is 3. The smallest absolute Gasteiger partial charge is 0.186 e. The molecule has 2 aliphatic heterocycles. The van der Waals surface area contributed by atoms with Gasteiger partial charge < -0.3 is 4.90 Å². The third-order valence-corrected chi connectivity index (χ3v) is 5.24. The molecule has 5 heteroatoms. The highest BCUT2D eigenvalue weighted by atomic mass is 16.1. The van der Waals surface area contributed by atoms with Crippen LogP contribution in [0.4, 0.5) is 0 Å². The summed E-state index contributed by atoms with van der Waals surface area (Å²) in [4.78, 5) is 19.7. The fourth-order valence-corrected chi connectivity index (χ4v) is 4.04. The largest absolute Gasteiger partial charge is 0.300 e. The van der Waals surface area contributed by atoms with E-state index >= 15 is 0 Å². The summed E-state index contributed by atoms with van der Waals surface area (Å²) in [6.45, 7) is 0. The summed E-state index contributed by atoms with van der Waals surface area (Å²) in [5, 5.41) is 4.27. The molecule has 2 fully saturated rings. The van der Waals surface area contributed by atoms with Gasteiger partial charge in [-0.15, -0.1) is 0 Å². The molecule has 4 rings (SSSR count). The van der Waals surface area contributed by atoms with Crippen LogP contribution in [0.25, 0.3) is 5.65 Å². The van der Waals surface area contributed by atoms with Gasteiger partial charge in [0.1, 0.15) is 5.69 Å². The molecule has 2 aromatic rings. The number of imidazole rings is 1. The lowest BCUT2D eigenvalue weighted by Gasteiger charge is -2.46. The Bertz CT molecular complexity index is 666. The van der Waals surface area contributed by atoms with Crippen molar-refractivity contribution in [3.05, 3.63) is 30.2 Å². The Morgan fingerprint density at radius 1 is 1.29 bits per heavy atom. The predicted molar refractivity (Wildman–Crippen MR) is 79.2 cm³/mol. The van der Waals surface area contributed by atoms with Gasteiger partial charge in [0.25, 0.3) is 0 Å². The van der Waals surface area contributed by atoms with E-state index in [9.17, 15) is 4.79 Å². The summed E-state index contributed by atoms with van der Waals surface area (Å²) >= 11 is 0. The van der Waals surface area contributed by atoms with E-state index in [1.54, 1.807) is 16.9 Å². The Kier molecular flexibility index (Phi) is 3.03. The Morgan fingerprint density at radius 2 is 2.05 bits per heavy atom. The fraction of sp³-hybridized carbons (Fsp3) is 0.562. The first-order chi connectivity index (χ1) is 10.2. The minimum Gasteiger partial charge on any atom is -0.300 e. The second-order valence-electron chi connectivity index (χ2n) is 6.37. The standard InChI is InChI=1S/C16H20N4O/c1-19-12-4-2-5-13(19)9-11(8-12)16(21)14-10-17-15-6-3-7-18-20(14)15/h3,6-7,10-13H,2,4-5,8-9H2,1H3. The molecule has 0 N–H and O–H groups in total. The maximum absolute atomic E-state index is 12.9. The number of rotatable bonds is 2. The van der Waals surface area contributed by atoms with Crippen LogP contribution in [-0.2, 0) is 0 Å². The average molecular weight is 284 g/mol. The molecule has 5 nitrogen and oxygen atoms in total. The van der Waals surface area contributed by atoms with Crippen LogP contribution in [0.1, 0.15) is 42.6 Å². The van der Waals surface area contributed by atoms with Crippen LogP contribution in [0.2, 0.25) is 0 Å². The van der Waals surface area contributed by atoms with Crippen LogP contribution in [0, 0.1) is 5.92 Å². The molecule has 21 heavy (non-hydrogen) atoms. The van der Waals surface area contributed by atoms with Crippen molar-refractivity contribution >= 4 is 11.4 Å². The van der Waals surface area contributed by atoms with Crippen LogP contribution in [0.3, 0.4) is 0 Å². The molecule has 2 saturated heterocycles. The zero-order chi connectivity index (χ0) is 14.4. The van der Waals surface area contributed by atoms with Crippen molar-refractivity contribution in [1.29, 1.82) is 0 Å². The molecule has 0 radical (unpaired) electrons. The van der Waals surface area contributed by atoms with Gasteiger partial charge >= 0.3 is 0 Å². The summed E-state index contributed by atoms with van der Waals surface area (Å²) < 4.78 is 1.68. The van der Waals surface area contributed by atoms with E-state index in [0.717, 1.165) is 18.5 Å². The summed E-state index contributed by atoms with van der Waals surface area (Å²) in [6, 6.07) is 4.86. The monoisotopic (exact) mass is 284 g/mol. The lowest BCUT2D eigenvalue weighted by molar-refractivity contribution is 0.0335. The molecular weight excluding hydrogens is 264 g/mol. The molecule has 4 heterocycles. The van der Waals surface area contributed by atoms with Gasteiger partial charge in [0.2, 0.25) is 0 Å². The predicted octanol–water partition coefficient (Wildman–Crippen LogP) is 2.17. The molecule has 0 amide bonds. The SMILES string of the molecule is CN1C2CCCC1CC(C(=O)c1cnc3cccnn13)C2. The number of carbonyl (C=O) groups is 1. The van der Waals surface area contributed by atoms with Gasteiger partial charge in [0, 0.05) is 24.2 Å². The summed E-state index contributed by atoms with van der Waals surface area (Å²) in [5.41, 5.74) is 1.38. The van der Waals surface area contributed by atoms with E-state index in [1.165, 1.54) is 19.3 Å².